The summed E-state index contributed by atoms with van der Waals surface area (Å²) in [6.07, 6.45) is 1.59. The fraction of sp³-hybridized carbons (Fsp3) is 0.0417. The quantitative estimate of drug-likeness (QED) is 0.347. The minimum absolute atomic E-state index is 0.247. The lowest BCUT2D eigenvalue weighted by molar-refractivity contribution is 0.0475. The van der Waals surface area contributed by atoms with Crippen molar-refractivity contribution in [3.63, 3.8) is 0 Å². The van der Waals surface area contributed by atoms with Gasteiger partial charge in [-0.15, -0.1) is 0 Å². The number of aromatic nitrogens is 2. The Hall–Kier alpha value is -4.06. The van der Waals surface area contributed by atoms with E-state index in [0.717, 1.165) is 11.3 Å². The number of ether oxygens (including phenoxy) is 1. The van der Waals surface area contributed by atoms with E-state index in [9.17, 15) is 14.0 Å². The van der Waals surface area contributed by atoms with Crippen LogP contribution in [0, 0.1) is 5.82 Å². The van der Waals surface area contributed by atoms with Crippen molar-refractivity contribution in [1.82, 2.24) is 9.78 Å². The van der Waals surface area contributed by atoms with Crippen molar-refractivity contribution in [3.8, 4) is 16.9 Å². The fourth-order valence-electron chi connectivity index (χ4n) is 2.97. The first-order valence-corrected chi connectivity index (χ1v) is 9.28. The van der Waals surface area contributed by atoms with Crippen molar-refractivity contribution in [2.45, 2.75) is 0 Å². The van der Waals surface area contributed by atoms with Gasteiger partial charge in [0.2, 0.25) is 0 Å². The summed E-state index contributed by atoms with van der Waals surface area (Å²) in [6, 6.07) is 23.7. The third-order valence-electron chi connectivity index (χ3n) is 4.50. The number of ketones is 1. The van der Waals surface area contributed by atoms with Crippen molar-refractivity contribution in [3.05, 3.63) is 108 Å². The predicted molar refractivity (Wildman–Crippen MR) is 110 cm³/mol. The number of nitrogens with zero attached hydrogens (tertiary/aromatic N) is 2. The lowest BCUT2D eigenvalue weighted by Crippen LogP contribution is -2.14. The zero-order valence-electron chi connectivity index (χ0n) is 15.9. The SMILES string of the molecule is O=C(COC(=O)c1cn(-c2ccccc2)nc1-c1ccccc1)c1ccc(F)cc1. The van der Waals surface area contributed by atoms with E-state index in [1.54, 1.807) is 10.9 Å². The molecule has 0 bridgehead atoms. The molecule has 0 aliphatic rings. The van der Waals surface area contributed by atoms with E-state index in [1.807, 2.05) is 60.7 Å². The highest BCUT2D eigenvalue weighted by atomic mass is 19.1. The molecule has 0 radical (unpaired) electrons. The number of benzene rings is 3. The Morgan fingerprint density at radius 1 is 0.867 bits per heavy atom. The second kappa shape index (κ2) is 8.53. The maximum atomic E-state index is 13.0. The molecule has 3 aromatic carbocycles. The molecule has 0 saturated carbocycles. The molecule has 4 aromatic rings. The van der Waals surface area contributed by atoms with Crippen LogP contribution in [-0.4, -0.2) is 28.1 Å². The molecule has 0 N–H and O–H groups in total. The van der Waals surface area contributed by atoms with Crippen molar-refractivity contribution in [2.24, 2.45) is 0 Å². The van der Waals surface area contributed by atoms with Gasteiger partial charge in [-0.1, -0.05) is 48.5 Å². The summed E-state index contributed by atoms with van der Waals surface area (Å²) in [5.74, 6) is -1.52. The largest absolute Gasteiger partial charge is 0.454 e. The first-order valence-electron chi connectivity index (χ1n) is 9.28. The van der Waals surface area contributed by atoms with Gasteiger partial charge in [0.25, 0.3) is 0 Å². The molecule has 0 atom stereocenters. The summed E-state index contributed by atoms with van der Waals surface area (Å²) in [4.78, 5) is 25.0. The zero-order valence-corrected chi connectivity index (χ0v) is 15.9. The second-order valence-corrected chi connectivity index (χ2v) is 6.54. The average Bonchev–Trinajstić information content (AvgIpc) is 3.25. The van der Waals surface area contributed by atoms with Gasteiger partial charge < -0.3 is 4.74 Å². The van der Waals surface area contributed by atoms with Crippen molar-refractivity contribution >= 4 is 11.8 Å². The molecule has 0 unspecified atom stereocenters. The third-order valence-corrected chi connectivity index (χ3v) is 4.50. The third kappa shape index (κ3) is 4.17. The molecule has 5 nitrogen and oxygen atoms in total. The fourth-order valence-corrected chi connectivity index (χ4v) is 2.97. The molecule has 148 valence electrons. The molecular weight excluding hydrogens is 383 g/mol. The van der Waals surface area contributed by atoms with Crippen LogP contribution in [0.3, 0.4) is 0 Å². The van der Waals surface area contributed by atoms with E-state index in [-0.39, 0.29) is 11.1 Å². The molecule has 30 heavy (non-hydrogen) atoms. The van der Waals surface area contributed by atoms with Crippen LogP contribution in [0.5, 0.6) is 0 Å². The van der Waals surface area contributed by atoms with E-state index >= 15 is 0 Å². The number of carbonyl (C=O) groups excluding carboxylic acids is 2. The summed E-state index contributed by atoms with van der Waals surface area (Å²) in [5.41, 5.74) is 2.52. The molecule has 1 aromatic heterocycles. The van der Waals surface area contributed by atoms with Gasteiger partial charge in [-0.25, -0.2) is 13.9 Å². The number of carbonyl (C=O) groups is 2. The highest BCUT2D eigenvalue weighted by molar-refractivity contribution is 6.01. The standard InChI is InChI=1S/C24H17FN2O3/c25-19-13-11-17(12-14-19)22(28)16-30-24(29)21-15-27(20-9-5-2-6-10-20)26-23(21)18-7-3-1-4-8-18/h1-15H,16H2. The maximum Gasteiger partial charge on any atom is 0.342 e. The van der Waals surface area contributed by atoms with Crippen LogP contribution in [0.2, 0.25) is 0 Å². The topological polar surface area (TPSA) is 61.2 Å². The van der Waals surface area contributed by atoms with E-state index < -0.39 is 24.2 Å². The van der Waals surface area contributed by atoms with Crippen LogP contribution < -0.4 is 0 Å². The van der Waals surface area contributed by atoms with Gasteiger partial charge in [-0.3, -0.25) is 4.79 Å². The second-order valence-electron chi connectivity index (χ2n) is 6.54. The molecule has 1 heterocycles. The monoisotopic (exact) mass is 400 g/mol. The Labute approximate surface area is 172 Å². The van der Waals surface area contributed by atoms with E-state index in [2.05, 4.69) is 5.10 Å². The van der Waals surface area contributed by atoms with Gasteiger partial charge in [-0.05, 0) is 36.4 Å². The summed E-state index contributed by atoms with van der Waals surface area (Å²) >= 11 is 0. The number of esters is 1. The van der Waals surface area contributed by atoms with Crippen molar-refractivity contribution < 1.29 is 18.7 Å². The predicted octanol–water partition coefficient (Wildman–Crippen LogP) is 4.72. The highest BCUT2D eigenvalue weighted by Gasteiger charge is 2.21. The molecule has 6 heteroatoms. The molecule has 0 fully saturated rings. The summed E-state index contributed by atoms with van der Waals surface area (Å²) in [7, 11) is 0. The lowest BCUT2D eigenvalue weighted by atomic mass is 10.1. The van der Waals surface area contributed by atoms with E-state index in [4.69, 9.17) is 4.74 Å². The number of halogens is 1. The smallest absolute Gasteiger partial charge is 0.342 e. The number of rotatable bonds is 6. The Bertz CT molecular complexity index is 1170. The summed E-state index contributed by atoms with van der Waals surface area (Å²) in [5, 5.41) is 4.56. The van der Waals surface area contributed by atoms with Crippen LogP contribution in [-0.2, 0) is 4.74 Å². The molecular formula is C24H17FN2O3. The number of hydrogen-bond acceptors (Lipinski definition) is 4. The number of para-hydroxylation sites is 1. The van der Waals surface area contributed by atoms with Crippen LogP contribution in [0.15, 0.2) is 91.1 Å². The van der Waals surface area contributed by atoms with Crippen molar-refractivity contribution in [2.75, 3.05) is 6.61 Å². The van der Waals surface area contributed by atoms with Crippen LogP contribution in [0.4, 0.5) is 4.39 Å². The molecule has 0 aliphatic carbocycles. The van der Waals surface area contributed by atoms with Gasteiger partial charge in [0.15, 0.2) is 12.4 Å². The van der Waals surface area contributed by atoms with Gasteiger partial charge in [-0.2, -0.15) is 5.10 Å². The van der Waals surface area contributed by atoms with E-state index in [0.29, 0.717) is 5.69 Å². The van der Waals surface area contributed by atoms with Gasteiger partial charge in [0, 0.05) is 17.3 Å². The minimum Gasteiger partial charge on any atom is -0.454 e. The average molecular weight is 400 g/mol. The Morgan fingerprint density at radius 2 is 1.50 bits per heavy atom. The van der Waals surface area contributed by atoms with Crippen LogP contribution in [0.25, 0.3) is 16.9 Å². The maximum absolute atomic E-state index is 13.0. The molecule has 0 amide bonds. The molecule has 0 aliphatic heterocycles. The Balaban J connectivity index is 1.60. The van der Waals surface area contributed by atoms with Crippen LogP contribution in [0.1, 0.15) is 20.7 Å². The Kier molecular flexibility index (Phi) is 5.48. The summed E-state index contributed by atoms with van der Waals surface area (Å²) in [6.45, 7) is -0.449. The van der Waals surface area contributed by atoms with Gasteiger partial charge in [0.05, 0.1) is 5.69 Å². The van der Waals surface area contributed by atoms with E-state index in [1.165, 1.54) is 24.3 Å². The van der Waals surface area contributed by atoms with Gasteiger partial charge in [0.1, 0.15) is 17.1 Å². The number of Topliss-reactive ketones (excluding diaryl/α,β-unsaturated/α-hetero) is 1. The molecule has 4 rings (SSSR count). The molecule has 0 saturated heterocycles. The lowest BCUT2D eigenvalue weighted by Gasteiger charge is -2.05. The zero-order chi connectivity index (χ0) is 20.9. The first-order chi connectivity index (χ1) is 14.6. The van der Waals surface area contributed by atoms with Crippen LogP contribution >= 0.6 is 0 Å². The minimum atomic E-state index is -0.661. The molecule has 0 spiro atoms. The first kappa shape index (κ1) is 19.3. The Morgan fingerprint density at radius 3 is 2.17 bits per heavy atom. The highest BCUT2D eigenvalue weighted by Crippen LogP contribution is 2.24. The normalized spacial score (nSPS) is 10.6. The van der Waals surface area contributed by atoms with Gasteiger partial charge >= 0.3 is 5.97 Å². The van der Waals surface area contributed by atoms with Crippen molar-refractivity contribution in [1.29, 1.82) is 0 Å². The number of hydrogen-bond donors (Lipinski definition) is 0. The summed E-state index contributed by atoms with van der Waals surface area (Å²) < 4.78 is 19.9.